The van der Waals surface area contributed by atoms with Crippen molar-refractivity contribution in [3.05, 3.63) is 24.0 Å². The molecule has 0 aliphatic carbocycles. The van der Waals surface area contributed by atoms with Gasteiger partial charge >= 0.3 is 12.1 Å². The number of hydrogen-bond acceptors (Lipinski definition) is 4. The van der Waals surface area contributed by atoms with Crippen LogP contribution in [0.4, 0.5) is 13.2 Å². The van der Waals surface area contributed by atoms with Crippen molar-refractivity contribution in [1.29, 1.82) is 0 Å². The van der Waals surface area contributed by atoms with Crippen molar-refractivity contribution in [2.75, 3.05) is 6.61 Å². The van der Waals surface area contributed by atoms with Gasteiger partial charge in [-0.25, -0.2) is 0 Å². The molecule has 0 aliphatic heterocycles. The van der Waals surface area contributed by atoms with Gasteiger partial charge in [-0.05, 0) is 32.9 Å². The summed E-state index contributed by atoms with van der Waals surface area (Å²) in [6.45, 7) is 9.24. The molecule has 0 unspecified atom stereocenters. The van der Waals surface area contributed by atoms with E-state index in [-0.39, 0.29) is 6.61 Å². The van der Waals surface area contributed by atoms with E-state index in [1.54, 1.807) is 20.8 Å². The summed E-state index contributed by atoms with van der Waals surface area (Å²) in [7, 11) is 0. The van der Waals surface area contributed by atoms with Crippen LogP contribution in [-0.4, -0.2) is 22.3 Å². The van der Waals surface area contributed by atoms with Crippen LogP contribution < -0.4 is 0 Å². The predicted molar refractivity (Wildman–Crippen MR) is 77.2 cm³/mol. The monoisotopic (exact) mass is 323 g/mol. The smallest absolute Gasteiger partial charge is 0.433 e. The first-order chi connectivity index (χ1) is 9.66. The summed E-state index contributed by atoms with van der Waals surface area (Å²) in [5, 5.41) is 0. The van der Waals surface area contributed by atoms with Gasteiger partial charge in [-0.15, -0.1) is 11.8 Å². The highest BCUT2D eigenvalue weighted by molar-refractivity contribution is 8.01. The molecule has 1 heterocycles. The summed E-state index contributed by atoms with van der Waals surface area (Å²) in [4.78, 5) is 15.5. The van der Waals surface area contributed by atoms with Crippen LogP contribution in [0, 0.1) is 0 Å². The third-order valence-corrected chi connectivity index (χ3v) is 3.32. The van der Waals surface area contributed by atoms with Gasteiger partial charge in [0, 0.05) is 11.1 Å². The minimum Gasteiger partial charge on any atom is -0.465 e. The molecule has 0 N–H and O–H groups in total. The molecule has 120 valence electrons. The van der Waals surface area contributed by atoms with Gasteiger partial charge in [0.05, 0.1) is 6.61 Å². The van der Waals surface area contributed by atoms with Crippen molar-refractivity contribution >= 4 is 17.7 Å². The van der Waals surface area contributed by atoms with Crippen molar-refractivity contribution in [2.24, 2.45) is 0 Å². The molecule has 0 bridgehead atoms. The standard InChI is InChI=1S/C12H14F3NO2S.C2H6/c1-4-18-10(17)11(2,3)19-8-5-6-9(16-7-8)12(13,14)15;1-2/h5-7H,4H2,1-3H3;1-2H3. The van der Waals surface area contributed by atoms with Gasteiger partial charge in [-0.3, -0.25) is 9.78 Å². The van der Waals surface area contributed by atoms with Gasteiger partial charge in [0.15, 0.2) is 0 Å². The molecule has 0 saturated carbocycles. The van der Waals surface area contributed by atoms with Crippen molar-refractivity contribution < 1.29 is 22.7 Å². The van der Waals surface area contributed by atoms with E-state index in [0.717, 1.165) is 24.0 Å². The summed E-state index contributed by atoms with van der Waals surface area (Å²) >= 11 is 1.11. The van der Waals surface area contributed by atoms with Crippen LogP contribution in [-0.2, 0) is 15.7 Å². The average molecular weight is 323 g/mol. The van der Waals surface area contributed by atoms with Gasteiger partial charge < -0.3 is 4.74 Å². The minimum absolute atomic E-state index is 0.258. The highest BCUT2D eigenvalue weighted by Crippen LogP contribution is 2.34. The van der Waals surface area contributed by atoms with Crippen LogP contribution in [0.2, 0.25) is 0 Å². The van der Waals surface area contributed by atoms with Gasteiger partial charge in [-0.1, -0.05) is 13.8 Å². The molecule has 1 rings (SSSR count). The molecule has 0 aliphatic rings. The Balaban J connectivity index is 0.00000191. The molecule has 0 aromatic carbocycles. The maximum Gasteiger partial charge on any atom is 0.433 e. The Morgan fingerprint density at radius 1 is 1.29 bits per heavy atom. The quantitative estimate of drug-likeness (QED) is 0.601. The highest BCUT2D eigenvalue weighted by Gasteiger charge is 2.33. The van der Waals surface area contributed by atoms with Crippen molar-refractivity contribution in [1.82, 2.24) is 4.98 Å². The fourth-order valence-electron chi connectivity index (χ4n) is 1.25. The third kappa shape index (κ3) is 6.37. The molecule has 21 heavy (non-hydrogen) atoms. The number of alkyl halides is 3. The summed E-state index contributed by atoms with van der Waals surface area (Å²) in [6.07, 6.45) is -3.35. The van der Waals surface area contributed by atoms with Crippen molar-refractivity contribution in [2.45, 2.75) is 50.4 Å². The SMILES string of the molecule is CC.CCOC(=O)C(C)(C)Sc1ccc(C(F)(F)F)nc1. The zero-order chi connectivity index (χ0) is 16.7. The highest BCUT2D eigenvalue weighted by atomic mass is 32.2. The number of hydrogen-bond donors (Lipinski definition) is 0. The second kappa shape index (κ2) is 8.26. The van der Waals surface area contributed by atoms with E-state index in [9.17, 15) is 18.0 Å². The first kappa shape index (κ1) is 19.8. The summed E-state index contributed by atoms with van der Waals surface area (Å²) in [5.41, 5.74) is -0.953. The lowest BCUT2D eigenvalue weighted by molar-refractivity contribution is -0.145. The molecule has 0 fully saturated rings. The van der Waals surface area contributed by atoms with Crippen LogP contribution >= 0.6 is 11.8 Å². The Morgan fingerprint density at radius 3 is 2.24 bits per heavy atom. The topological polar surface area (TPSA) is 39.2 Å². The fraction of sp³-hybridized carbons (Fsp3) is 0.571. The van der Waals surface area contributed by atoms with E-state index >= 15 is 0 Å². The number of ether oxygens (including phenoxy) is 1. The lowest BCUT2D eigenvalue weighted by atomic mass is 10.2. The molecule has 0 radical (unpaired) electrons. The number of pyridine rings is 1. The summed E-state index contributed by atoms with van der Waals surface area (Å²) < 4.78 is 41.0. The lowest BCUT2D eigenvalue weighted by Crippen LogP contribution is -2.29. The van der Waals surface area contributed by atoms with E-state index in [0.29, 0.717) is 4.90 Å². The summed E-state index contributed by atoms with van der Waals surface area (Å²) in [5.74, 6) is -0.417. The van der Waals surface area contributed by atoms with Crippen LogP contribution in [0.15, 0.2) is 23.2 Å². The molecular weight excluding hydrogens is 303 g/mol. The van der Waals surface area contributed by atoms with Crippen LogP contribution in [0.5, 0.6) is 0 Å². The molecule has 0 atom stereocenters. The Morgan fingerprint density at radius 2 is 1.86 bits per heavy atom. The number of halogens is 3. The van der Waals surface area contributed by atoms with Crippen molar-refractivity contribution in [3.63, 3.8) is 0 Å². The number of carbonyl (C=O) groups is 1. The molecule has 1 aromatic rings. The Labute approximate surface area is 127 Å². The predicted octanol–water partition coefficient (Wildman–Crippen LogP) is 4.56. The van der Waals surface area contributed by atoms with E-state index in [1.165, 1.54) is 6.07 Å². The number of thioether (sulfide) groups is 1. The number of carbonyl (C=O) groups excluding carboxylic acids is 1. The second-order valence-electron chi connectivity index (χ2n) is 4.21. The normalized spacial score (nSPS) is 11.4. The molecule has 0 spiro atoms. The molecule has 3 nitrogen and oxygen atoms in total. The largest absolute Gasteiger partial charge is 0.465 e. The van der Waals surface area contributed by atoms with E-state index in [4.69, 9.17) is 4.74 Å². The molecule has 7 heteroatoms. The van der Waals surface area contributed by atoms with Crippen molar-refractivity contribution in [3.8, 4) is 0 Å². The number of aromatic nitrogens is 1. The van der Waals surface area contributed by atoms with Crippen LogP contribution in [0.25, 0.3) is 0 Å². The maximum absolute atomic E-state index is 12.3. The zero-order valence-corrected chi connectivity index (χ0v) is 13.6. The fourth-order valence-corrected chi connectivity index (χ4v) is 2.22. The molecular formula is C14H20F3NO2S. The maximum atomic E-state index is 12.3. The first-order valence-corrected chi connectivity index (χ1v) is 7.38. The Hall–Kier alpha value is -1.24. The zero-order valence-electron chi connectivity index (χ0n) is 12.7. The molecule has 0 amide bonds. The number of rotatable bonds is 4. The Bertz CT molecular complexity index is 445. The minimum atomic E-state index is -4.46. The first-order valence-electron chi connectivity index (χ1n) is 6.56. The molecule has 1 aromatic heterocycles. The van der Waals surface area contributed by atoms with Gasteiger partial charge in [-0.2, -0.15) is 13.2 Å². The third-order valence-electron chi connectivity index (χ3n) is 2.17. The second-order valence-corrected chi connectivity index (χ2v) is 5.91. The summed E-state index contributed by atoms with van der Waals surface area (Å²) in [6, 6.07) is 2.19. The van der Waals surface area contributed by atoms with Crippen LogP contribution in [0.1, 0.15) is 40.3 Å². The van der Waals surface area contributed by atoms with E-state index < -0.39 is 22.6 Å². The van der Waals surface area contributed by atoms with Gasteiger partial charge in [0.25, 0.3) is 0 Å². The number of nitrogens with zero attached hydrogens (tertiary/aromatic N) is 1. The number of esters is 1. The lowest BCUT2D eigenvalue weighted by Gasteiger charge is -2.21. The average Bonchev–Trinajstić information content (AvgIpc) is 2.40. The van der Waals surface area contributed by atoms with Gasteiger partial charge in [0.2, 0.25) is 0 Å². The van der Waals surface area contributed by atoms with Gasteiger partial charge in [0.1, 0.15) is 10.4 Å². The van der Waals surface area contributed by atoms with E-state index in [1.807, 2.05) is 13.8 Å². The van der Waals surface area contributed by atoms with E-state index in [2.05, 4.69) is 4.98 Å². The van der Waals surface area contributed by atoms with Crippen LogP contribution in [0.3, 0.4) is 0 Å². The Kier molecular flexibility index (Phi) is 7.78. The molecule has 0 saturated heterocycles.